The summed E-state index contributed by atoms with van der Waals surface area (Å²) in [7, 11) is -2.60. The summed E-state index contributed by atoms with van der Waals surface area (Å²) in [5, 5.41) is 13.7. The second kappa shape index (κ2) is 14.9. The number of hydrogen-bond donors (Lipinski definition) is 1. The zero-order valence-corrected chi connectivity index (χ0v) is 26.3. The van der Waals surface area contributed by atoms with E-state index in [0.29, 0.717) is 30.6 Å². The van der Waals surface area contributed by atoms with Gasteiger partial charge in [0.15, 0.2) is 0 Å². The molecule has 0 unspecified atom stereocenters. The Bertz CT molecular complexity index is 1050. The maximum atomic E-state index is 11.2. The molecule has 1 heterocycles. The van der Waals surface area contributed by atoms with Crippen LogP contribution in [0.15, 0.2) is 91.0 Å². The minimum absolute atomic E-state index is 0.0242. The van der Waals surface area contributed by atoms with Gasteiger partial charge in [-0.3, -0.25) is 0 Å². The maximum Gasteiger partial charge on any atom is 0.261 e. The maximum absolute atomic E-state index is 11.2. The van der Waals surface area contributed by atoms with E-state index in [1.165, 1.54) is 33.9 Å². The standard InChI is InChI=1S/C33H44O3S2Si/c1-33(2,3)39(30-16-9-5-10-17-30,31-18-11-6-12-19-31)36-21-20-28(34)24-29(25-32-37-22-13-23-38-32)35-26-27-14-7-4-8-15-27/h4-12,14-19,28-29,32,34H,13,20-26H2,1-3H3/t28-,29+/m0/s1. The first-order chi connectivity index (χ1) is 18.9. The zero-order chi connectivity index (χ0) is 27.6. The molecule has 1 fully saturated rings. The lowest BCUT2D eigenvalue weighted by atomic mass is 10.1. The third kappa shape index (κ3) is 8.48. The minimum atomic E-state index is -2.60. The summed E-state index contributed by atoms with van der Waals surface area (Å²) in [6.45, 7) is 7.99. The third-order valence-electron chi connectivity index (χ3n) is 7.40. The molecule has 0 radical (unpaired) electrons. The number of rotatable bonds is 13. The molecule has 0 aliphatic carbocycles. The normalized spacial score (nSPS) is 16.6. The van der Waals surface area contributed by atoms with Gasteiger partial charge in [0.25, 0.3) is 8.32 Å². The fourth-order valence-corrected chi connectivity index (χ4v) is 13.0. The quantitative estimate of drug-likeness (QED) is 0.223. The molecule has 3 aromatic carbocycles. The molecule has 1 saturated heterocycles. The first kappa shape index (κ1) is 30.4. The Morgan fingerprint density at radius 2 is 1.38 bits per heavy atom. The van der Waals surface area contributed by atoms with E-state index in [2.05, 4.69) is 106 Å². The molecule has 3 nitrogen and oxygen atoms in total. The van der Waals surface area contributed by atoms with Crippen LogP contribution in [0.1, 0.15) is 52.0 Å². The first-order valence-corrected chi connectivity index (χ1v) is 18.2. The van der Waals surface area contributed by atoms with E-state index in [-0.39, 0.29) is 11.1 Å². The topological polar surface area (TPSA) is 38.7 Å². The summed E-state index contributed by atoms with van der Waals surface area (Å²) in [5.41, 5.74) is 1.18. The summed E-state index contributed by atoms with van der Waals surface area (Å²) >= 11 is 4.08. The summed E-state index contributed by atoms with van der Waals surface area (Å²) in [6.07, 6.45) is 3.03. The average molecular weight is 581 g/mol. The van der Waals surface area contributed by atoms with Gasteiger partial charge in [-0.25, -0.2) is 0 Å². The van der Waals surface area contributed by atoms with Gasteiger partial charge >= 0.3 is 0 Å². The Morgan fingerprint density at radius 1 is 0.846 bits per heavy atom. The Morgan fingerprint density at radius 3 is 1.92 bits per heavy atom. The van der Waals surface area contributed by atoms with Gasteiger partial charge in [0, 0.05) is 6.61 Å². The largest absolute Gasteiger partial charge is 0.407 e. The van der Waals surface area contributed by atoms with E-state index < -0.39 is 14.4 Å². The molecular weight excluding hydrogens is 537 g/mol. The summed E-state index contributed by atoms with van der Waals surface area (Å²) in [6, 6.07) is 31.8. The van der Waals surface area contributed by atoms with E-state index in [0.717, 1.165) is 6.42 Å². The Kier molecular flexibility index (Phi) is 11.6. The van der Waals surface area contributed by atoms with Crippen LogP contribution in [-0.4, -0.2) is 48.3 Å². The summed E-state index contributed by atoms with van der Waals surface area (Å²) in [5.74, 6) is 2.44. The molecule has 1 aliphatic heterocycles. The fraction of sp³-hybridized carbons (Fsp3) is 0.455. The lowest BCUT2D eigenvalue weighted by Gasteiger charge is -2.43. The highest BCUT2D eigenvalue weighted by Crippen LogP contribution is 2.37. The van der Waals surface area contributed by atoms with Crippen LogP contribution in [0, 0.1) is 0 Å². The van der Waals surface area contributed by atoms with Crippen LogP contribution in [-0.2, 0) is 15.8 Å². The molecule has 0 saturated carbocycles. The monoisotopic (exact) mass is 580 g/mol. The molecule has 39 heavy (non-hydrogen) atoms. The molecule has 0 amide bonds. The number of thioether (sulfide) groups is 2. The van der Waals surface area contributed by atoms with Crippen molar-refractivity contribution in [3.05, 3.63) is 96.6 Å². The highest BCUT2D eigenvalue weighted by Gasteiger charge is 2.50. The fourth-order valence-electron chi connectivity index (χ4n) is 5.44. The Hall–Kier alpha value is -1.54. The lowest BCUT2D eigenvalue weighted by molar-refractivity contribution is -0.00278. The van der Waals surface area contributed by atoms with Gasteiger partial charge in [-0.2, -0.15) is 0 Å². The number of aliphatic hydroxyl groups is 1. The van der Waals surface area contributed by atoms with E-state index in [4.69, 9.17) is 9.16 Å². The average Bonchev–Trinajstić information content (AvgIpc) is 2.95. The van der Waals surface area contributed by atoms with Gasteiger partial charge in [0.2, 0.25) is 0 Å². The zero-order valence-electron chi connectivity index (χ0n) is 23.6. The predicted octanol–water partition coefficient (Wildman–Crippen LogP) is 6.88. The van der Waals surface area contributed by atoms with E-state index in [1.54, 1.807) is 0 Å². The second-order valence-corrected chi connectivity index (χ2v) is 18.6. The van der Waals surface area contributed by atoms with Crippen molar-refractivity contribution in [3.8, 4) is 0 Å². The van der Waals surface area contributed by atoms with Crippen LogP contribution in [0.2, 0.25) is 5.04 Å². The van der Waals surface area contributed by atoms with E-state index >= 15 is 0 Å². The second-order valence-electron chi connectivity index (χ2n) is 11.4. The van der Waals surface area contributed by atoms with Crippen LogP contribution in [0.3, 0.4) is 0 Å². The van der Waals surface area contributed by atoms with Crippen LogP contribution >= 0.6 is 23.5 Å². The predicted molar refractivity (Wildman–Crippen MR) is 172 cm³/mol. The van der Waals surface area contributed by atoms with Crippen molar-refractivity contribution in [2.45, 2.75) is 74.9 Å². The van der Waals surface area contributed by atoms with Gasteiger partial charge in [-0.15, -0.1) is 23.5 Å². The number of aliphatic hydroxyl groups excluding tert-OH is 1. The number of benzene rings is 3. The number of hydrogen-bond acceptors (Lipinski definition) is 5. The van der Waals surface area contributed by atoms with Crippen molar-refractivity contribution < 1.29 is 14.3 Å². The van der Waals surface area contributed by atoms with Gasteiger partial charge in [0.1, 0.15) is 0 Å². The van der Waals surface area contributed by atoms with Crippen molar-refractivity contribution in [3.63, 3.8) is 0 Å². The molecule has 0 bridgehead atoms. The van der Waals surface area contributed by atoms with Gasteiger partial charge in [-0.05, 0) is 58.2 Å². The first-order valence-electron chi connectivity index (χ1n) is 14.2. The van der Waals surface area contributed by atoms with Gasteiger partial charge < -0.3 is 14.3 Å². The van der Waals surface area contributed by atoms with Crippen molar-refractivity contribution >= 4 is 42.2 Å². The SMILES string of the molecule is CC(C)(C)[Si](OCC[C@H](O)C[C@H](CC1SCCCS1)OCc1ccccc1)(c1ccccc1)c1ccccc1. The Balaban J connectivity index is 1.44. The van der Waals surface area contributed by atoms with Crippen molar-refractivity contribution in [2.75, 3.05) is 18.1 Å². The van der Waals surface area contributed by atoms with Crippen LogP contribution in [0.4, 0.5) is 0 Å². The van der Waals surface area contributed by atoms with Crippen molar-refractivity contribution in [2.24, 2.45) is 0 Å². The molecular formula is C33H44O3S2Si. The van der Waals surface area contributed by atoms with Crippen LogP contribution in [0.25, 0.3) is 0 Å². The molecule has 2 atom stereocenters. The van der Waals surface area contributed by atoms with E-state index in [9.17, 15) is 5.11 Å². The molecule has 0 aromatic heterocycles. The minimum Gasteiger partial charge on any atom is -0.407 e. The number of ether oxygens (including phenoxy) is 1. The third-order valence-corrected chi connectivity index (χ3v) is 15.4. The van der Waals surface area contributed by atoms with Gasteiger partial charge in [0.05, 0.1) is 23.4 Å². The molecule has 1 aliphatic rings. The van der Waals surface area contributed by atoms with Crippen LogP contribution < -0.4 is 10.4 Å². The highest BCUT2D eigenvalue weighted by atomic mass is 32.2. The van der Waals surface area contributed by atoms with Crippen LogP contribution in [0.5, 0.6) is 0 Å². The highest BCUT2D eigenvalue weighted by molar-refractivity contribution is 8.17. The molecule has 1 N–H and O–H groups in total. The lowest BCUT2D eigenvalue weighted by Crippen LogP contribution is -2.66. The van der Waals surface area contributed by atoms with E-state index in [1.807, 2.05) is 29.6 Å². The van der Waals surface area contributed by atoms with Crippen molar-refractivity contribution in [1.82, 2.24) is 0 Å². The smallest absolute Gasteiger partial charge is 0.261 e. The molecule has 210 valence electrons. The molecule has 4 rings (SSSR count). The van der Waals surface area contributed by atoms with Crippen molar-refractivity contribution in [1.29, 1.82) is 0 Å². The Labute approximate surface area is 245 Å². The molecule has 3 aromatic rings. The summed E-state index contributed by atoms with van der Waals surface area (Å²) < 4.78 is 14.0. The molecule has 6 heteroatoms. The molecule has 0 spiro atoms. The summed E-state index contributed by atoms with van der Waals surface area (Å²) in [4.78, 5) is 0. The van der Waals surface area contributed by atoms with Gasteiger partial charge in [-0.1, -0.05) is 112 Å².